The average molecular weight is 951 g/mol. The van der Waals surface area contributed by atoms with Crippen LogP contribution in [0.2, 0.25) is 0 Å². The molecule has 1 saturated heterocycles. The maximum absolute atomic E-state index is 14.9. The van der Waals surface area contributed by atoms with Crippen LogP contribution in [0.15, 0.2) is 78.1 Å². The van der Waals surface area contributed by atoms with E-state index >= 15 is 0 Å². The summed E-state index contributed by atoms with van der Waals surface area (Å²) in [5.41, 5.74) is 9.23. The summed E-state index contributed by atoms with van der Waals surface area (Å²) in [7, 11) is 1.54. The number of allylic oxidation sites excluding steroid dienone is 2. The lowest BCUT2D eigenvalue weighted by molar-refractivity contribution is -0.149. The second kappa shape index (κ2) is 20.8. The summed E-state index contributed by atoms with van der Waals surface area (Å²) >= 11 is 0. The van der Waals surface area contributed by atoms with E-state index in [9.17, 15) is 24.9 Å². The number of phenolic OH excluding ortho intramolecular Hbond substituents is 1. The molecule has 10 nitrogen and oxygen atoms in total. The number of hydrogen-bond donors (Lipinski definition) is 7. The van der Waals surface area contributed by atoms with Crippen molar-refractivity contribution in [3.8, 4) is 23.3 Å². The van der Waals surface area contributed by atoms with Crippen LogP contribution in [0.3, 0.4) is 0 Å². The van der Waals surface area contributed by atoms with Crippen molar-refractivity contribution >= 4 is 22.3 Å². The Morgan fingerprint density at radius 3 is 2.60 bits per heavy atom. The van der Waals surface area contributed by atoms with Crippen molar-refractivity contribution < 1.29 is 29.6 Å². The second-order valence-corrected chi connectivity index (χ2v) is 22.7. The van der Waals surface area contributed by atoms with Gasteiger partial charge in [0.1, 0.15) is 11.2 Å². The molecule has 0 unspecified atom stereocenters. The number of aliphatic hydroxyl groups is 2. The summed E-state index contributed by atoms with van der Waals surface area (Å²) < 4.78 is 5.59. The third kappa shape index (κ3) is 9.46. The molecule has 0 bridgehead atoms. The molecule has 0 radical (unpaired) electrons. The second-order valence-electron chi connectivity index (χ2n) is 22.7. The van der Waals surface area contributed by atoms with Crippen LogP contribution in [0.5, 0.6) is 11.5 Å². The minimum absolute atomic E-state index is 0.000228. The molecular weight excluding hydrogens is 873 g/mol. The fourth-order valence-electron chi connectivity index (χ4n) is 15.8. The van der Waals surface area contributed by atoms with Gasteiger partial charge in [0.15, 0.2) is 17.3 Å². The zero-order valence-corrected chi connectivity index (χ0v) is 41.7. The van der Waals surface area contributed by atoms with Crippen molar-refractivity contribution in [1.82, 2.24) is 16.0 Å². The first-order chi connectivity index (χ1) is 34.0. The minimum atomic E-state index is -1.19. The van der Waals surface area contributed by atoms with Gasteiger partial charge in [-0.1, -0.05) is 80.1 Å². The Bertz CT molecular complexity index is 2540. The molecule has 7 aliphatic rings. The first kappa shape index (κ1) is 48.9. The number of ketones is 2. The summed E-state index contributed by atoms with van der Waals surface area (Å²) in [5, 5.41) is 49.4. The normalized spacial score (nSPS) is 32.4. The van der Waals surface area contributed by atoms with E-state index < -0.39 is 23.5 Å². The lowest BCUT2D eigenvalue weighted by Crippen LogP contribution is -2.64. The number of piperidine rings is 1. The quantitative estimate of drug-likeness (QED) is 0.0651. The van der Waals surface area contributed by atoms with Crippen molar-refractivity contribution in [3.05, 3.63) is 94.8 Å². The molecule has 3 aromatic carbocycles. The number of nitrogens with one attached hydrogen (secondary N) is 3. The maximum Gasteiger partial charge on any atom is 0.160 e. The van der Waals surface area contributed by atoms with Gasteiger partial charge < -0.3 is 41.7 Å². The van der Waals surface area contributed by atoms with Crippen LogP contribution in [-0.2, 0) is 16.0 Å². The standard InChI is InChI=1S/C60H78N4O6/c1-3-25-62-35-44-28-50-47-16-15-46(66)33-52(47)64-36-51(50)59(21-6-7-22-59)58(44)43-19-24-60(56(69)30-43)23-18-38(49-34-53(67)54(70-2)29-41(49)13-17-55(60)68)12-14-45(65)32-48(42-20-26-63-57(61)31-42)40-11-10-37-8-4-5-9-39(37)27-40/h4-5,8-11,20,27,29,31,34,38,43-45,47-48,50-52,56,58,62-65,67,69H,3,6-7,12-17,19,21-22,24-26,28,30,32-33,35-36,61H2,1-2H3/t38-,43+,44+,45-,47+,48-,50+,51-,52+,56+,58-,60+/m0/s1. The summed E-state index contributed by atoms with van der Waals surface area (Å²) in [5.74, 6) is 11.0. The van der Waals surface area contributed by atoms with E-state index in [0.29, 0.717) is 111 Å². The number of Topliss-reactive ketones (excluding diaryl/α,β-unsaturated/α-hetero) is 2. The van der Waals surface area contributed by atoms with Crippen LogP contribution < -0.4 is 26.4 Å². The highest BCUT2D eigenvalue weighted by molar-refractivity contribution is 5.89. The number of benzene rings is 3. The zero-order valence-electron chi connectivity index (χ0n) is 41.7. The van der Waals surface area contributed by atoms with Crippen LogP contribution in [0.1, 0.15) is 138 Å². The molecule has 2 spiro atoms. The molecule has 374 valence electrons. The molecule has 8 N–H and O–H groups in total. The molecule has 12 atom stereocenters. The zero-order chi connectivity index (χ0) is 48.6. The molecule has 0 aromatic heterocycles. The van der Waals surface area contributed by atoms with Crippen molar-refractivity contribution in [1.29, 1.82) is 0 Å². The van der Waals surface area contributed by atoms with Gasteiger partial charge in [-0.2, -0.15) is 0 Å². The van der Waals surface area contributed by atoms with E-state index in [-0.39, 0.29) is 35.2 Å². The third-order valence-electron chi connectivity index (χ3n) is 19.0. The van der Waals surface area contributed by atoms with Crippen molar-refractivity contribution in [2.45, 2.75) is 146 Å². The molecule has 10 heteroatoms. The third-order valence-corrected chi connectivity index (χ3v) is 19.0. The van der Waals surface area contributed by atoms with E-state index in [2.05, 4.69) is 71.1 Å². The fourth-order valence-corrected chi connectivity index (χ4v) is 15.8. The Morgan fingerprint density at radius 2 is 1.81 bits per heavy atom. The molecule has 0 amide bonds. The molecule has 3 aromatic rings. The molecule has 70 heavy (non-hydrogen) atoms. The van der Waals surface area contributed by atoms with Crippen molar-refractivity contribution in [2.75, 3.05) is 33.3 Å². The first-order valence-corrected chi connectivity index (χ1v) is 27.2. The number of carbonyl (C=O) groups is 2. The lowest BCUT2D eigenvalue weighted by atomic mass is 9.44. The number of dihydropyridines is 1. The Hall–Kier alpha value is -4.66. The Kier molecular flexibility index (Phi) is 14.6. The van der Waals surface area contributed by atoms with Crippen LogP contribution >= 0.6 is 0 Å². The predicted molar refractivity (Wildman–Crippen MR) is 276 cm³/mol. The van der Waals surface area contributed by atoms with Crippen molar-refractivity contribution in [3.63, 3.8) is 0 Å². The van der Waals surface area contributed by atoms with E-state index in [4.69, 9.17) is 10.5 Å². The Morgan fingerprint density at radius 1 is 0.986 bits per heavy atom. The van der Waals surface area contributed by atoms with Gasteiger partial charge in [0, 0.05) is 43.7 Å². The van der Waals surface area contributed by atoms with Crippen molar-refractivity contribution in [2.24, 2.45) is 52.1 Å². The number of carbonyl (C=O) groups excluding carboxylic acids is 2. The van der Waals surface area contributed by atoms with Crippen LogP contribution in [-0.4, -0.2) is 78.4 Å². The summed E-state index contributed by atoms with van der Waals surface area (Å²) in [6.45, 7) is 5.81. The van der Waals surface area contributed by atoms with E-state index in [1.807, 2.05) is 24.3 Å². The van der Waals surface area contributed by atoms with Crippen LogP contribution in [0.4, 0.5) is 0 Å². The monoisotopic (exact) mass is 951 g/mol. The number of fused-ring (bicyclic) bond motifs is 6. The number of rotatable bonds is 13. The van der Waals surface area contributed by atoms with Crippen LogP contribution in [0.25, 0.3) is 10.8 Å². The molecule has 5 fully saturated rings. The smallest absolute Gasteiger partial charge is 0.160 e. The summed E-state index contributed by atoms with van der Waals surface area (Å²) in [6, 6.07) is 18.7. The highest BCUT2D eigenvalue weighted by Gasteiger charge is 2.62. The van der Waals surface area contributed by atoms with Gasteiger partial charge in [-0.05, 0) is 189 Å². The molecule has 10 rings (SSSR count). The van der Waals surface area contributed by atoms with Gasteiger partial charge in [-0.15, -0.1) is 0 Å². The van der Waals surface area contributed by atoms with Crippen LogP contribution in [0, 0.1) is 58.2 Å². The highest BCUT2D eigenvalue weighted by Crippen LogP contribution is 2.66. The number of aromatic hydroxyl groups is 1. The fraction of sp³-hybridized carbons (Fsp3) is 0.600. The Labute approximate surface area is 416 Å². The average Bonchev–Trinajstić information content (AvgIpc) is 3.86. The van der Waals surface area contributed by atoms with Gasteiger partial charge in [-0.25, -0.2) is 0 Å². The van der Waals surface area contributed by atoms with Gasteiger partial charge in [0.25, 0.3) is 0 Å². The van der Waals surface area contributed by atoms with Gasteiger partial charge in [-0.3, -0.25) is 9.59 Å². The number of phenols is 1. The number of aliphatic hydroxyl groups excluding tert-OH is 2. The topological polar surface area (TPSA) is 166 Å². The van der Waals surface area contributed by atoms with Gasteiger partial charge in [0.2, 0.25) is 0 Å². The molecule has 5 aliphatic carbocycles. The number of aryl methyl sites for hydroxylation is 1. The lowest BCUT2D eigenvalue weighted by Gasteiger charge is -2.63. The SMILES string of the molecule is CCCNC[C@H]1C[C@@H]2[C@H]3CCC(=O)C[C@H]3NC[C@@H]2C2(CCCC2)[C@H]1[C@@H]1CC[C@@]2(C#C[C@H](CC[C@H](O)C[C@H](C3=CCNC(N)=C3)c3ccc4ccccc4c3)c3cc(O)c(OC)cc3CCC2=O)[C@H](O)C1. The molecule has 4 saturated carbocycles. The molecule has 2 aliphatic heterocycles. The number of ether oxygens (including phenoxy) is 1. The summed E-state index contributed by atoms with van der Waals surface area (Å²) in [6.07, 6.45) is 16.2. The number of nitrogens with two attached hydrogens (primary N) is 1. The maximum atomic E-state index is 14.9. The Balaban J connectivity index is 0.931. The predicted octanol–water partition coefficient (Wildman–Crippen LogP) is 8.72. The number of hydrogen-bond acceptors (Lipinski definition) is 10. The van der Waals surface area contributed by atoms with E-state index in [0.717, 1.165) is 71.9 Å². The molecular formula is C60H78N4O6. The molecule has 2 heterocycles. The first-order valence-electron chi connectivity index (χ1n) is 27.2. The largest absolute Gasteiger partial charge is 0.504 e. The van der Waals surface area contributed by atoms with Gasteiger partial charge in [0.05, 0.1) is 25.1 Å². The van der Waals surface area contributed by atoms with E-state index in [1.165, 1.54) is 39.2 Å². The summed E-state index contributed by atoms with van der Waals surface area (Å²) in [4.78, 5) is 27.6. The number of methoxy groups -OCH3 is 1. The highest BCUT2D eigenvalue weighted by atomic mass is 16.5. The van der Waals surface area contributed by atoms with E-state index in [1.54, 1.807) is 6.07 Å². The van der Waals surface area contributed by atoms with Gasteiger partial charge >= 0.3 is 0 Å². The minimum Gasteiger partial charge on any atom is -0.504 e.